The van der Waals surface area contributed by atoms with Crippen LogP contribution in [0.2, 0.25) is 0 Å². The van der Waals surface area contributed by atoms with Gasteiger partial charge >= 0.3 is 0 Å². The Morgan fingerprint density at radius 2 is 1.88 bits per heavy atom. The standard InChI is InChI=1S/C13H15Br2NO/c1-17-13(16)9-12(14,15)8-7-11(13)10-5-3-2-4-6-10/h2-7H,8-9,16H2,1H3. The number of ether oxygens (including phenoxy) is 1. The quantitative estimate of drug-likeness (QED) is 0.645. The number of allylic oxidation sites excluding steroid dienone is 1. The van der Waals surface area contributed by atoms with Crippen molar-refractivity contribution in [1.29, 1.82) is 0 Å². The zero-order valence-corrected chi connectivity index (χ0v) is 12.8. The van der Waals surface area contributed by atoms with Crippen LogP contribution in [0.25, 0.3) is 5.57 Å². The van der Waals surface area contributed by atoms with Crippen LogP contribution in [0.1, 0.15) is 18.4 Å². The fourth-order valence-electron chi connectivity index (χ4n) is 2.14. The van der Waals surface area contributed by atoms with Crippen molar-refractivity contribution in [3.8, 4) is 0 Å². The van der Waals surface area contributed by atoms with Crippen molar-refractivity contribution in [2.45, 2.75) is 21.8 Å². The lowest BCUT2D eigenvalue weighted by molar-refractivity contribution is 0.0351. The molecule has 1 aliphatic carbocycles. The predicted molar refractivity (Wildman–Crippen MR) is 78.2 cm³/mol. The highest BCUT2D eigenvalue weighted by Gasteiger charge is 2.42. The van der Waals surface area contributed by atoms with E-state index >= 15 is 0 Å². The molecule has 4 heteroatoms. The first-order chi connectivity index (χ1) is 7.97. The lowest BCUT2D eigenvalue weighted by atomic mass is 9.86. The molecule has 2 rings (SSSR count). The molecule has 0 saturated heterocycles. The molecule has 1 unspecified atom stereocenters. The van der Waals surface area contributed by atoms with Crippen molar-refractivity contribution < 1.29 is 4.74 Å². The van der Waals surface area contributed by atoms with E-state index in [0.717, 1.165) is 17.6 Å². The van der Waals surface area contributed by atoms with Crippen LogP contribution in [0.5, 0.6) is 0 Å². The summed E-state index contributed by atoms with van der Waals surface area (Å²) in [6, 6.07) is 10.1. The lowest BCUT2D eigenvalue weighted by Crippen LogP contribution is -2.49. The van der Waals surface area contributed by atoms with Crippen molar-refractivity contribution >= 4 is 37.4 Å². The van der Waals surface area contributed by atoms with Crippen molar-refractivity contribution in [3.05, 3.63) is 42.0 Å². The normalized spacial score (nSPS) is 27.6. The van der Waals surface area contributed by atoms with Gasteiger partial charge in [-0.1, -0.05) is 68.3 Å². The molecule has 0 saturated carbocycles. The number of benzene rings is 1. The maximum atomic E-state index is 6.36. The molecule has 2 nitrogen and oxygen atoms in total. The van der Waals surface area contributed by atoms with E-state index in [4.69, 9.17) is 10.5 Å². The highest BCUT2D eigenvalue weighted by molar-refractivity contribution is 9.25. The summed E-state index contributed by atoms with van der Waals surface area (Å²) in [6.07, 6.45) is 3.68. The number of methoxy groups -OCH3 is 1. The minimum absolute atomic E-state index is 0.178. The maximum Gasteiger partial charge on any atom is 0.144 e. The Labute approximate surface area is 118 Å². The Balaban J connectivity index is 2.42. The molecule has 1 atom stereocenters. The van der Waals surface area contributed by atoms with Gasteiger partial charge in [-0.25, -0.2) is 0 Å². The molecule has 0 heterocycles. The number of rotatable bonds is 2. The largest absolute Gasteiger partial charge is 0.360 e. The van der Waals surface area contributed by atoms with E-state index < -0.39 is 5.72 Å². The Morgan fingerprint density at radius 1 is 1.24 bits per heavy atom. The van der Waals surface area contributed by atoms with Crippen molar-refractivity contribution in [3.63, 3.8) is 0 Å². The van der Waals surface area contributed by atoms with E-state index in [-0.39, 0.29) is 3.23 Å². The summed E-state index contributed by atoms with van der Waals surface area (Å²) in [6.45, 7) is 0. The summed E-state index contributed by atoms with van der Waals surface area (Å²) in [4.78, 5) is 0. The monoisotopic (exact) mass is 359 g/mol. The number of halogens is 2. The smallest absolute Gasteiger partial charge is 0.144 e. The van der Waals surface area contributed by atoms with Crippen LogP contribution in [0.15, 0.2) is 36.4 Å². The minimum atomic E-state index is -0.757. The molecule has 0 radical (unpaired) electrons. The van der Waals surface area contributed by atoms with Gasteiger partial charge in [0.2, 0.25) is 0 Å². The molecule has 0 spiro atoms. The average molecular weight is 361 g/mol. The molecule has 1 aromatic rings. The van der Waals surface area contributed by atoms with E-state index in [9.17, 15) is 0 Å². The Kier molecular flexibility index (Phi) is 3.78. The lowest BCUT2D eigenvalue weighted by Gasteiger charge is -2.39. The zero-order chi connectivity index (χ0) is 12.5. The molecule has 1 aliphatic rings. The predicted octanol–water partition coefficient (Wildman–Crippen LogP) is 3.65. The second kappa shape index (κ2) is 4.84. The summed E-state index contributed by atoms with van der Waals surface area (Å²) >= 11 is 7.24. The Bertz CT molecular complexity index is 430. The third kappa shape index (κ3) is 2.81. The van der Waals surface area contributed by atoms with Gasteiger partial charge in [0.05, 0.1) is 3.23 Å². The van der Waals surface area contributed by atoms with Crippen LogP contribution in [-0.4, -0.2) is 16.1 Å². The van der Waals surface area contributed by atoms with Crippen molar-refractivity contribution in [1.82, 2.24) is 0 Å². The van der Waals surface area contributed by atoms with Gasteiger partial charge in [0.15, 0.2) is 0 Å². The van der Waals surface area contributed by atoms with Gasteiger partial charge in [-0.15, -0.1) is 0 Å². The first-order valence-electron chi connectivity index (χ1n) is 5.45. The fourth-order valence-corrected chi connectivity index (χ4v) is 3.29. The van der Waals surface area contributed by atoms with Crippen LogP contribution in [0, 0.1) is 0 Å². The first kappa shape index (κ1) is 13.3. The van der Waals surface area contributed by atoms with E-state index in [2.05, 4.69) is 50.1 Å². The number of nitrogens with two attached hydrogens (primary N) is 1. The Hall–Kier alpha value is -0.160. The fraction of sp³-hybridized carbons (Fsp3) is 0.385. The molecule has 0 amide bonds. The second-order valence-corrected chi connectivity index (χ2v) is 8.41. The number of hydrogen-bond donors (Lipinski definition) is 1. The highest BCUT2D eigenvalue weighted by atomic mass is 79.9. The SMILES string of the molecule is COC1(N)CC(Br)(Br)CC=C1c1ccccc1. The van der Waals surface area contributed by atoms with Gasteiger partial charge in [-0.05, 0) is 12.0 Å². The summed E-state index contributed by atoms with van der Waals surface area (Å²) < 4.78 is 5.35. The average Bonchev–Trinajstić information content (AvgIpc) is 2.29. The van der Waals surface area contributed by atoms with E-state index in [0.29, 0.717) is 6.42 Å². The van der Waals surface area contributed by atoms with Crippen LogP contribution < -0.4 is 5.73 Å². The summed E-state index contributed by atoms with van der Waals surface area (Å²) in [5, 5.41) is 0. The molecule has 2 N–H and O–H groups in total. The van der Waals surface area contributed by atoms with Gasteiger partial charge in [0.25, 0.3) is 0 Å². The van der Waals surface area contributed by atoms with Gasteiger partial charge in [-0.2, -0.15) is 0 Å². The van der Waals surface area contributed by atoms with Gasteiger partial charge < -0.3 is 4.74 Å². The third-order valence-corrected chi connectivity index (χ3v) is 4.24. The molecule has 0 bridgehead atoms. The molecule has 0 aromatic heterocycles. The van der Waals surface area contributed by atoms with Crippen molar-refractivity contribution in [2.75, 3.05) is 7.11 Å². The first-order valence-corrected chi connectivity index (χ1v) is 7.03. The van der Waals surface area contributed by atoms with Crippen LogP contribution in [0.3, 0.4) is 0 Å². The number of alkyl halides is 2. The van der Waals surface area contributed by atoms with E-state index in [1.807, 2.05) is 18.2 Å². The van der Waals surface area contributed by atoms with E-state index in [1.165, 1.54) is 0 Å². The molecule has 1 aromatic carbocycles. The van der Waals surface area contributed by atoms with Crippen LogP contribution >= 0.6 is 31.9 Å². The highest BCUT2D eigenvalue weighted by Crippen LogP contribution is 2.47. The molecule has 17 heavy (non-hydrogen) atoms. The summed E-state index contributed by atoms with van der Waals surface area (Å²) in [5.74, 6) is 0. The molecule has 0 aliphatic heterocycles. The summed E-state index contributed by atoms with van der Waals surface area (Å²) in [7, 11) is 1.65. The third-order valence-electron chi connectivity index (χ3n) is 3.03. The van der Waals surface area contributed by atoms with Crippen molar-refractivity contribution in [2.24, 2.45) is 5.73 Å². The zero-order valence-electron chi connectivity index (χ0n) is 9.62. The maximum absolute atomic E-state index is 6.36. The topological polar surface area (TPSA) is 35.2 Å². The second-order valence-electron chi connectivity index (χ2n) is 4.31. The molecular weight excluding hydrogens is 346 g/mol. The van der Waals surface area contributed by atoms with Gasteiger partial charge in [0, 0.05) is 19.1 Å². The van der Waals surface area contributed by atoms with Gasteiger partial charge in [-0.3, -0.25) is 5.73 Å². The summed E-state index contributed by atoms with van der Waals surface area (Å²) in [5.41, 5.74) is 7.77. The molecule has 92 valence electrons. The van der Waals surface area contributed by atoms with E-state index in [1.54, 1.807) is 7.11 Å². The van der Waals surface area contributed by atoms with Crippen LogP contribution in [0.4, 0.5) is 0 Å². The van der Waals surface area contributed by atoms with Gasteiger partial charge in [0.1, 0.15) is 5.72 Å². The van der Waals surface area contributed by atoms with Crippen LogP contribution in [-0.2, 0) is 4.74 Å². The molecule has 0 fully saturated rings. The minimum Gasteiger partial charge on any atom is -0.360 e. The molecular formula is C13H15Br2NO. The Morgan fingerprint density at radius 3 is 2.47 bits per heavy atom. The number of hydrogen-bond acceptors (Lipinski definition) is 2.